The van der Waals surface area contributed by atoms with E-state index in [1.807, 2.05) is 25.1 Å². The molecule has 2 rings (SSSR count). The fourth-order valence-electron chi connectivity index (χ4n) is 2.88. The van der Waals surface area contributed by atoms with Gasteiger partial charge in [-0.15, -0.1) is 0 Å². The lowest BCUT2D eigenvalue weighted by Crippen LogP contribution is -2.34. The number of nitrogens with zero attached hydrogens (tertiary/aromatic N) is 2. The average Bonchev–Trinajstić information content (AvgIpc) is 2.69. The second-order valence-corrected chi connectivity index (χ2v) is 8.44. The van der Waals surface area contributed by atoms with Crippen molar-refractivity contribution in [3.05, 3.63) is 58.0 Å². The van der Waals surface area contributed by atoms with Crippen LogP contribution in [0.1, 0.15) is 25.0 Å². The summed E-state index contributed by atoms with van der Waals surface area (Å²) < 4.78 is 32.9. The van der Waals surface area contributed by atoms with Crippen molar-refractivity contribution in [1.29, 1.82) is 0 Å². The zero-order chi connectivity index (χ0) is 21.6. The van der Waals surface area contributed by atoms with E-state index >= 15 is 0 Å². The van der Waals surface area contributed by atoms with Gasteiger partial charge in [-0.25, -0.2) is 8.42 Å². The predicted molar refractivity (Wildman–Crippen MR) is 110 cm³/mol. The van der Waals surface area contributed by atoms with Crippen LogP contribution in [0.15, 0.2) is 46.2 Å². The van der Waals surface area contributed by atoms with Gasteiger partial charge >= 0.3 is 0 Å². The first-order valence-corrected chi connectivity index (χ1v) is 10.8. The minimum Gasteiger partial charge on any atom is -0.496 e. The van der Waals surface area contributed by atoms with Gasteiger partial charge in [0.25, 0.3) is 5.56 Å². The highest BCUT2D eigenvalue weighted by molar-refractivity contribution is 7.89. The van der Waals surface area contributed by atoms with Crippen molar-refractivity contribution in [1.82, 2.24) is 14.2 Å². The molecule has 0 unspecified atom stereocenters. The third-order valence-electron chi connectivity index (χ3n) is 4.58. The van der Waals surface area contributed by atoms with Crippen molar-refractivity contribution < 1.29 is 17.9 Å². The molecule has 0 spiro atoms. The van der Waals surface area contributed by atoms with Crippen molar-refractivity contribution in [2.24, 2.45) is 0 Å². The molecule has 1 heterocycles. The Morgan fingerprint density at radius 3 is 2.48 bits per heavy atom. The number of aromatic nitrogens is 1. The second-order valence-electron chi connectivity index (χ2n) is 6.50. The van der Waals surface area contributed by atoms with Gasteiger partial charge in [0.2, 0.25) is 15.9 Å². The second kappa shape index (κ2) is 9.71. The monoisotopic (exact) mass is 421 g/mol. The van der Waals surface area contributed by atoms with Crippen LogP contribution in [0.2, 0.25) is 0 Å². The Morgan fingerprint density at radius 2 is 1.86 bits per heavy atom. The maximum Gasteiger partial charge on any atom is 0.251 e. The molecule has 0 aliphatic rings. The summed E-state index contributed by atoms with van der Waals surface area (Å²) >= 11 is 0. The summed E-state index contributed by atoms with van der Waals surface area (Å²) in [6.07, 6.45) is 1.21. The molecule has 0 radical (unpaired) electrons. The smallest absolute Gasteiger partial charge is 0.251 e. The van der Waals surface area contributed by atoms with Crippen molar-refractivity contribution in [2.75, 3.05) is 20.2 Å². The number of amides is 1. The van der Waals surface area contributed by atoms with E-state index in [1.165, 1.54) is 16.6 Å². The molecule has 1 amide bonds. The third kappa shape index (κ3) is 5.45. The maximum atomic E-state index is 12.6. The molecule has 29 heavy (non-hydrogen) atoms. The van der Waals surface area contributed by atoms with Crippen LogP contribution in [0.4, 0.5) is 0 Å². The highest BCUT2D eigenvalue weighted by Crippen LogP contribution is 2.18. The molecule has 158 valence electrons. The number of nitrogens with one attached hydrogen (secondary N) is 1. The minimum atomic E-state index is -3.72. The highest BCUT2D eigenvalue weighted by Gasteiger charge is 2.22. The molecule has 9 heteroatoms. The van der Waals surface area contributed by atoms with Gasteiger partial charge < -0.3 is 14.6 Å². The van der Waals surface area contributed by atoms with E-state index in [1.54, 1.807) is 21.0 Å². The van der Waals surface area contributed by atoms with Crippen molar-refractivity contribution >= 4 is 15.9 Å². The van der Waals surface area contributed by atoms with Crippen LogP contribution < -0.4 is 15.6 Å². The number of benzene rings is 1. The van der Waals surface area contributed by atoms with E-state index < -0.39 is 21.5 Å². The summed E-state index contributed by atoms with van der Waals surface area (Å²) in [5, 5.41) is 2.73. The lowest BCUT2D eigenvalue weighted by Gasteiger charge is -2.19. The number of rotatable bonds is 9. The van der Waals surface area contributed by atoms with Gasteiger partial charge in [0, 0.05) is 31.9 Å². The van der Waals surface area contributed by atoms with Gasteiger partial charge in [-0.05, 0) is 30.2 Å². The molecule has 0 bridgehead atoms. The number of methoxy groups -OCH3 is 1. The normalized spacial score (nSPS) is 11.5. The third-order valence-corrected chi connectivity index (χ3v) is 6.61. The summed E-state index contributed by atoms with van der Waals surface area (Å²) in [7, 11) is -2.14. The average molecular weight is 422 g/mol. The molecule has 0 saturated carbocycles. The minimum absolute atomic E-state index is 0.0168. The van der Waals surface area contributed by atoms with Gasteiger partial charge in [0.1, 0.15) is 12.3 Å². The molecule has 8 nitrogen and oxygen atoms in total. The van der Waals surface area contributed by atoms with Crippen LogP contribution in [0.5, 0.6) is 5.75 Å². The summed E-state index contributed by atoms with van der Waals surface area (Å²) in [6, 6.07) is 8.03. The Morgan fingerprint density at radius 1 is 1.17 bits per heavy atom. The number of hydrogen-bond acceptors (Lipinski definition) is 5. The first kappa shape index (κ1) is 22.6. The SMILES string of the molecule is CCN(CC)S(=O)(=O)c1ccc(=O)n(CC(=O)NCc2ccc(C)c(OC)c2)c1. The molecule has 1 N–H and O–H groups in total. The molecule has 1 aromatic heterocycles. The standard InChI is InChI=1S/C20H27N3O5S/c1-5-23(6-2)29(26,27)17-9-10-20(25)22(13-17)14-19(24)21-12-16-8-7-15(3)18(11-16)28-4/h7-11,13H,5-6,12,14H2,1-4H3,(H,21,24). The van der Waals surface area contributed by atoms with E-state index in [0.717, 1.165) is 27.5 Å². The van der Waals surface area contributed by atoms with Crippen molar-refractivity contribution in [2.45, 2.75) is 38.8 Å². The molecule has 1 aromatic carbocycles. The van der Waals surface area contributed by atoms with E-state index in [9.17, 15) is 18.0 Å². The Balaban J connectivity index is 2.13. The number of carbonyl (C=O) groups excluding carboxylic acids is 1. The lowest BCUT2D eigenvalue weighted by molar-refractivity contribution is -0.121. The van der Waals surface area contributed by atoms with Gasteiger partial charge in [0.05, 0.1) is 12.0 Å². The highest BCUT2D eigenvalue weighted by atomic mass is 32.2. The number of ether oxygens (including phenoxy) is 1. The van der Waals surface area contributed by atoms with Crippen molar-refractivity contribution in [3.63, 3.8) is 0 Å². The van der Waals surface area contributed by atoms with Crippen LogP contribution in [0.25, 0.3) is 0 Å². The molecule has 0 aliphatic carbocycles. The summed E-state index contributed by atoms with van der Waals surface area (Å²) in [6.45, 7) is 6.03. The Hall–Kier alpha value is -2.65. The lowest BCUT2D eigenvalue weighted by atomic mass is 10.1. The first-order valence-electron chi connectivity index (χ1n) is 9.33. The molecular formula is C20H27N3O5S. The molecule has 0 fully saturated rings. The zero-order valence-electron chi connectivity index (χ0n) is 17.1. The van der Waals surface area contributed by atoms with Gasteiger partial charge in [-0.3, -0.25) is 9.59 Å². The van der Waals surface area contributed by atoms with Crippen molar-refractivity contribution in [3.8, 4) is 5.75 Å². The fraction of sp³-hybridized carbons (Fsp3) is 0.400. The summed E-state index contributed by atoms with van der Waals surface area (Å²) in [5.74, 6) is 0.325. The van der Waals surface area contributed by atoms with Crippen LogP contribution in [-0.2, 0) is 27.9 Å². The van der Waals surface area contributed by atoms with Crippen LogP contribution >= 0.6 is 0 Å². The molecule has 0 aliphatic heterocycles. The van der Waals surface area contributed by atoms with E-state index in [0.29, 0.717) is 13.1 Å². The topological polar surface area (TPSA) is 97.7 Å². The van der Waals surface area contributed by atoms with E-state index in [2.05, 4.69) is 5.32 Å². The quantitative estimate of drug-likeness (QED) is 0.662. The summed E-state index contributed by atoms with van der Waals surface area (Å²) in [4.78, 5) is 24.4. The fourth-order valence-corrected chi connectivity index (χ4v) is 4.36. The van der Waals surface area contributed by atoms with Crippen LogP contribution in [-0.4, -0.2) is 43.4 Å². The molecule has 0 saturated heterocycles. The largest absolute Gasteiger partial charge is 0.496 e. The molecule has 0 atom stereocenters. The number of sulfonamides is 1. The predicted octanol–water partition coefficient (Wildman–Crippen LogP) is 1.51. The number of hydrogen-bond donors (Lipinski definition) is 1. The first-order chi connectivity index (χ1) is 13.7. The van der Waals surface area contributed by atoms with Gasteiger partial charge in [-0.1, -0.05) is 26.0 Å². The molecule has 2 aromatic rings. The molecular weight excluding hydrogens is 394 g/mol. The van der Waals surface area contributed by atoms with Crippen LogP contribution in [0.3, 0.4) is 0 Å². The Kier molecular flexibility index (Phi) is 7.58. The van der Waals surface area contributed by atoms with E-state index in [-0.39, 0.29) is 18.0 Å². The number of pyridine rings is 1. The zero-order valence-corrected chi connectivity index (χ0v) is 18.0. The number of carbonyl (C=O) groups is 1. The van der Waals surface area contributed by atoms with Gasteiger partial charge in [-0.2, -0.15) is 4.31 Å². The summed E-state index contributed by atoms with van der Waals surface area (Å²) in [5.41, 5.74) is 1.39. The maximum absolute atomic E-state index is 12.6. The Labute approximate surface area is 171 Å². The number of aryl methyl sites for hydroxylation is 1. The van der Waals surface area contributed by atoms with Gasteiger partial charge in [0.15, 0.2) is 0 Å². The van der Waals surface area contributed by atoms with E-state index in [4.69, 9.17) is 4.74 Å². The Bertz CT molecular complexity index is 1030. The van der Waals surface area contributed by atoms with Crippen LogP contribution in [0, 0.1) is 6.92 Å².